The van der Waals surface area contributed by atoms with Gasteiger partial charge >= 0.3 is 5.97 Å². The van der Waals surface area contributed by atoms with Crippen molar-refractivity contribution >= 4 is 18.4 Å². The van der Waals surface area contributed by atoms with E-state index in [1.165, 1.54) is 0 Å². The summed E-state index contributed by atoms with van der Waals surface area (Å²) in [5.41, 5.74) is 0.331. The van der Waals surface area contributed by atoms with Crippen molar-refractivity contribution in [1.82, 2.24) is 4.90 Å². The zero-order chi connectivity index (χ0) is 12.7. The van der Waals surface area contributed by atoms with Gasteiger partial charge in [0.15, 0.2) is 0 Å². The van der Waals surface area contributed by atoms with Gasteiger partial charge in [0.25, 0.3) is 0 Å². The first kappa shape index (κ1) is 16.9. The van der Waals surface area contributed by atoms with Crippen LogP contribution in [0.2, 0.25) is 0 Å². The number of carbonyl (C=O) groups is 1. The van der Waals surface area contributed by atoms with E-state index in [4.69, 9.17) is 10.2 Å². The SMILES string of the molecule is CN1CCC(O)CC1.Cl.O=C(O)c1ccccc1. The van der Waals surface area contributed by atoms with Crippen LogP contribution in [0.4, 0.5) is 0 Å². The van der Waals surface area contributed by atoms with E-state index >= 15 is 0 Å². The van der Waals surface area contributed by atoms with Crippen molar-refractivity contribution in [2.75, 3.05) is 20.1 Å². The molecule has 2 N–H and O–H groups in total. The molecule has 1 heterocycles. The van der Waals surface area contributed by atoms with Crippen LogP contribution in [0.15, 0.2) is 30.3 Å². The topological polar surface area (TPSA) is 60.8 Å². The van der Waals surface area contributed by atoms with Crippen LogP contribution in [-0.4, -0.2) is 47.3 Å². The highest BCUT2D eigenvalue weighted by Crippen LogP contribution is 2.06. The molecule has 1 aromatic rings. The fraction of sp³-hybridized carbons (Fsp3) is 0.462. The zero-order valence-corrected chi connectivity index (χ0v) is 11.3. The summed E-state index contributed by atoms with van der Waals surface area (Å²) in [6.07, 6.45) is 1.89. The van der Waals surface area contributed by atoms with Crippen LogP contribution >= 0.6 is 12.4 Å². The molecule has 1 fully saturated rings. The Morgan fingerprint density at radius 3 is 2.06 bits per heavy atom. The molecule has 1 aliphatic heterocycles. The van der Waals surface area contributed by atoms with Crippen molar-refractivity contribution in [3.05, 3.63) is 35.9 Å². The number of nitrogens with zero attached hydrogens (tertiary/aromatic N) is 1. The number of halogens is 1. The molecule has 0 aromatic heterocycles. The Morgan fingerprint density at radius 1 is 1.22 bits per heavy atom. The number of likely N-dealkylation sites (tertiary alicyclic amines) is 1. The second-order valence-electron chi connectivity index (χ2n) is 4.21. The smallest absolute Gasteiger partial charge is 0.335 e. The summed E-state index contributed by atoms with van der Waals surface area (Å²) in [4.78, 5) is 12.4. The lowest BCUT2D eigenvalue weighted by molar-refractivity contribution is 0.0697. The van der Waals surface area contributed by atoms with Crippen molar-refractivity contribution in [3.8, 4) is 0 Å². The lowest BCUT2D eigenvalue weighted by Crippen LogP contribution is -2.32. The van der Waals surface area contributed by atoms with E-state index in [9.17, 15) is 4.79 Å². The molecular formula is C13H20ClNO3. The lowest BCUT2D eigenvalue weighted by atomic mass is 10.1. The van der Waals surface area contributed by atoms with Crippen molar-refractivity contribution < 1.29 is 15.0 Å². The number of hydrogen-bond donors (Lipinski definition) is 2. The minimum Gasteiger partial charge on any atom is -0.478 e. The van der Waals surface area contributed by atoms with E-state index in [1.54, 1.807) is 30.3 Å². The predicted octanol–water partition coefficient (Wildman–Crippen LogP) is 1.88. The van der Waals surface area contributed by atoms with Crippen LogP contribution in [0.25, 0.3) is 0 Å². The van der Waals surface area contributed by atoms with Crippen LogP contribution in [0.1, 0.15) is 23.2 Å². The molecule has 0 unspecified atom stereocenters. The third-order valence-electron chi connectivity index (χ3n) is 2.71. The van der Waals surface area contributed by atoms with Crippen LogP contribution < -0.4 is 0 Å². The maximum Gasteiger partial charge on any atom is 0.335 e. The summed E-state index contributed by atoms with van der Waals surface area (Å²) < 4.78 is 0. The second kappa shape index (κ2) is 8.91. The van der Waals surface area contributed by atoms with Crippen molar-refractivity contribution in [2.45, 2.75) is 18.9 Å². The molecule has 1 aliphatic rings. The Hall–Kier alpha value is -1.10. The number of rotatable bonds is 1. The van der Waals surface area contributed by atoms with Gasteiger partial charge in [-0.15, -0.1) is 12.4 Å². The first-order chi connectivity index (χ1) is 8.09. The highest BCUT2D eigenvalue weighted by Gasteiger charge is 2.12. The van der Waals surface area contributed by atoms with E-state index in [-0.39, 0.29) is 18.5 Å². The Kier molecular flexibility index (Phi) is 8.37. The van der Waals surface area contributed by atoms with E-state index in [0.29, 0.717) is 5.56 Å². The van der Waals surface area contributed by atoms with Gasteiger partial charge in [-0.1, -0.05) is 18.2 Å². The van der Waals surface area contributed by atoms with Crippen LogP contribution in [-0.2, 0) is 0 Å². The van der Waals surface area contributed by atoms with Crippen molar-refractivity contribution in [3.63, 3.8) is 0 Å². The predicted molar refractivity (Wildman–Crippen MR) is 73.4 cm³/mol. The quantitative estimate of drug-likeness (QED) is 0.820. The summed E-state index contributed by atoms with van der Waals surface area (Å²) in [5.74, 6) is -0.879. The summed E-state index contributed by atoms with van der Waals surface area (Å²) in [6, 6.07) is 8.30. The first-order valence-electron chi connectivity index (χ1n) is 5.74. The molecule has 1 saturated heterocycles. The monoisotopic (exact) mass is 273 g/mol. The average molecular weight is 274 g/mol. The van der Waals surface area contributed by atoms with Gasteiger partial charge in [-0.05, 0) is 32.0 Å². The van der Waals surface area contributed by atoms with E-state index in [0.717, 1.165) is 25.9 Å². The number of benzene rings is 1. The number of hydrogen-bond acceptors (Lipinski definition) is 3. The number of carboxylic acid groups (broad SMARTS) is 1. The average Bonchev–Trinajstić information content (AvgIpc) is 2.35. The molecule has 0 aliphatic carbocycles. The Labute approximate surface area is 114 Å². The molecule has 2 rings (SSSR count). The van der Waals surface area contributed by atoms with Crippen LogP contribution in [0.5, 0.6) is 0 Å². The number of aliphatic hydroxyl groups excluding tert-OH is 1. The van der Waals surface area contributed by atoms with E-state index in [1.807, 2.05) is 0 Å². The molecule has 102 valence electrons. The van der Waals surface area contributed by atoms with Gasteiger partial charge in [0.05, 0.1) is 11.7 Å². The molecule has 1 aromatic carbocycles. The molecule has 0 amide bonds. The zero-order valence-electron chi connectivity index (χ0n) is 10.5. The maximum atomic E-state index is 10.2. The van der Waals surface area contributed by atoms with Gasteiger partial charge in [0.2, 0.25) is 0 Å². The second-order valence-corrected chi connectivity index (χ2v) is 4.21. The summed E-state index contributed by atoms with van der Waals surface area (Å²) in [7, 11) is 2.09. The Morgan fingerprint density at radius 2 is 1.72 bits per heavy atom. The standard InChI is InChI=1S/C7H6O2.C6H13NO.ClH/c8-7(9)6-4-2-1-3-5-6;1-7-4-2-6(8)3-5-7;/h1-5H,(H,8,9);6,8H,2-5H2,1H3;1H. The fourth-order valence-electron chi connectivity index (χ4n) is 1.58. The molecule has 18 heavy (non-hydrogen) atoms. The minimum absolute atomic E-state index is 0. The van der Waals surface area contributed by atoms with E-state index in [2.05, 4.69) is 11.9 Å². The summed E-state index contributed by atoms with van der Waals surface area (Å²) >= 11 is 0. The summed E-state index contributed by atoms with van der Waals surface area (Å²) in [6.45, 7) is 2.11. The highest BCUT2D eigenvalue weighted by molar-refractivity contribution is 5.87. The molecule has 0 spiro atoms. The highest BCUT2D eigenvalue weighted by atomic mass is 35.5. The number of aromatic carboxylic acids is 1. The van der Waals surface area contributed by atoms with Gasteiger partial charge in [0, 0.05) is 13.1 Å². The molecular weight excluding hydrogens is 254 g/mol. The first-order valence-corrected chi connectivity index (χ1v) is 5.74. The number of aliphatic hydroxyl groups is 1. The van der Waals surface area contributed by atoms with Gasteiger partial charge in [-0.25, -0.2) is 4.79 Å². The van der Waals surface area contributed by atoms with Gasteiger partial charge in [-0.3, -0.25) is 0 Å². The van der Waals surface area contributed by atoms with E-state index < -0.39 is 5.97 Å². The molecule has 0 saturated carbocycles. The Bertz CT molecular complexity index is 327. The normalized spacial score (nSPS) is 16.1. The third kappa shape index (κ3) is 6.59. The fourth-order valence-corrected chi connectivity index (χ4v) is 1.58. The van der Waals surface area contributed by atoms with Crippen LogP contribution in [0.3, 0.4) is 0 Å². The molecule has 0 radical (unpaired) electrons. The molecule has 4 nitrogen and oxygen atoms in total. The number of piperidine rings is 1. The Balaban J connectivity index is 0.000000306. The minimum atomic E-state index is -0.879. The molecule has 5 heteroatoms. The van der Waals surface area contributed by atoms with Gasteiger partial charge < -0.3 is 15.1 Å². The van der Waals surface area contributed by atoms with Gasteiger partial charge in [0.1, 0.15) is 0 Å². The van der Waals surface area contributed by atoms with Crippen molar-refractivity contribution in [2.24, 2.45) is 0 Å². The third-order valence-corrected chi connectivity index (χ3v) is 2.71. The molecule has 0 atom stereocenters. The summed E-state index contributed by atoms with van der Waals surface area (Å²) in [5, 5.41) is 17.4. The maximum absolute atomic E-state index is 10.2. The van der Waals surface area contributed by atoms with Crippen LogP contribution in [0, 0.1) is 0 Å². The number of carboxylic acids is 1. The lowest BCUT2D eigenvalue weighted by Gasteiger charge is -2.25. The van der Waals surface area contributed by atoms with Crippen molar-refractivity contribution in [1.29, 1.82) is 0 Å². The largest absolute Gasteiger partial charge is 0.478 e. The molecule has 0 bridgehead atoms. The van der Waals surface area contributed by atoms with Gasteiger partial charge in [-0.2, -0.15) is 0 Å².